The molecule has 0 aromatic heterocycles. The van der Waals surface area contributed by atoms with E-state index in [0.29, 0.717) is 17.8 Å². The van der Waals surface area contributed by atoms with Gasteiger partial charge in [-0.1, -0.05) is 13.0 Å². The number of rotatable bonds is 3. The summed E-state index contributed by atoms with van der Waals surface area (Å²) in [6, 6.07) is 4.56. The summed E-state index contributed by atoms with van der Waals surface area (Å²) in [6.45, 7) is 2.82. The minimum absolute atomic E-state index is 0.474. The zero-order chi connectivity index (χ0) is 12.3. The molecule has 2 rings (SSSR count). The first-order chi connectivity index (χ1) is 8.16. The van der Waals surface area contributed by atoms with Crippen LogP contribution in [0.2, 0.25) is 0 Å². The molecule has 2 unspecified atom stereocenters. The SMILES string of the molecule is CC1SCCCC1NCc1ccc(F)c(F)c1. The van der Waals surface area contributed by atoms with Crippen LogP contribution >= 0.6 is 11.8 Å². The van der Waals surface area contributed by atoms with Gasteiger partial charge in [0.05, 0.1) is 0 Å². The van der Waals surface area contributed by atoms with Crippen molar-refractivity contribution in [1.29, 1.82) is 0 Å². The molecule has 1 aliphatic heterocycles. The molecule has 2 atom stereocenters. The summed E-state index contributed by atoms with van der Waals surface area (Å²) in [5.41, 5.74) is 0.798. The average molecular weight is 257 g/mol. The third-order valence-corrected chi connectivity index (χ3v) is 4.54. The van der Waals surface area contributed by atoms with Gasteiger partial charge in [0.2, 0.25) is 0 Å². The van der Waals surface area contributed by atoms with Gasteiger partial charge in [-0.15, -0.1) is 0 Å². The molecule has 4 heteroatoms. The van der Waals surface area contributed by atoms with Crippen molar-refractivity contribution in [3.63, 3.8) is 0 Å². The van der Waals surface area contributed by atoms with E-state index in [0.717, 1.165) is 12.0 Å². The first-order valence-electron chi connectivity index (χ1n) is 5.96. The Bertz CT molecular complexity index is 384. The summed E-state index contributed by atoms with van der Waals surface area (Å²) in [7, 11) is 0. The van der Waals surface area contributed by atoms with E-state index in [9.17, 15) is 8.78 Å². The summed E-state index contributed by atoms with van der Waals surface area (Å²) in [5, 5.41) is 4.02. The van der Waals surface area contributed by atoms with Crippen LogP contribution in [-0.4, -0.2) is 17.0 Å². The summed E-state index contributed by atoms with van der Waals surface area (Å²) in [5.74, 6) is -0.324. The lowest BCUT2D eigenvalue weighted by Gasteiger charge is -2.29. The molecule has 1 fully saturated rings. The molecule has 0 bridgehead atoms. The molecule has 1 aromatic carbocycles. The molecule has 94 valence electrons. The molecule has 1 aromatic rings. The fourth-order valence-electron chi connectivity index (χ4n) is 2.09. The van der Waals surface area contributed by atoms with Gasteiger partial charge >= 0.3 is 0 Å². The molecule has 1 aliphatic rings. The van der Waals surface area contributed by atoms with Gasteiger partial charge in [0, 0.05) is 17.8 Å². The monoisotopic (exact) mass is 257 g/mol. The fraction of sp³-hybridized carbons (Fsp3) is 0.538. The van der Waals surface area contributed by atoms with E-state index in [-0.39, 0.29) is 0 Å². The highest BCUT2D eigenvalue weighted by Crippen LogP contribution is 2.25. The fourth-order valence-corrected chi connectivity index (χ4v) is 3.26. The maximum absolute atomic E-state index is 13.0. The van der Waals surface area contributed by atoms with E-state index in [4.69, 9.17) is 0 Å². The molecule has 0 saturated carbocycles. The van der Waals surface area contributed by atoms with Gasteiger partial charge in [-0.2, -0.15) is 11.8 Å². The van der Waals surface area contributed by atoms with Crippen molar-refractivity contribution in [3.05, 3.63) is 35.4 Å². The highest BCUT2D eigenvalue weighted by atomic mass is 32.2. The van der Waals surface area contributed by atoms with Crippen LogP contribution in [0.4, 0.5) is 8.78 Å². The van der Waals surface area contributed by atoms with Gasteiger partial charge in [0.25, 0.3) is 0 Å². The Labute approximate surface area is 105 Å². The normalized spacial score (nSPS) is 24.9. The van der Waals surface area contributed by atoms with Gasteiger partial charge in [0.15, 0.2) is 11.6 Å². The first-order valence-corrected chi connectivity index (χ1v) is 7.00. The lowest BCUT2D eigenvalue weighted by molar-refractivity contribution is 0.459. The van der Waals surface area contributed by atoms with Crippen molar-refractivity contribution < 1.29 is 8.78 Å². The second-order valence-electron chi connectivity index (χ2n) is 4.45. The number of nitrogens with one attached hydrogen (secondary N) is 1. The van der Waals surface area contributed by atoms with Crippen LogP contribution in [-0.2, 0) is 6.54 Å². The third kappa shape index (κ3) is 3.42. The molecule has 17 heavy (non-hydrogen) atoms. The van der Waals surface area contributed by atoms with Crippen LogP contribution < -0.4 is 5.32 Å². The van der Waals surface area contributed by atoms with Crippen molar-refractivity contribution in [1.82, 2.24) is 5.32 Å². The zero-order valence-corrected chi connectivity index (χ0v) is 10.7. The Morgan fingerprint density at radius 1 is 1.35 bits per heavy atom. The van der Waals surface area contributed by atoms with E-state index in [1.54, 1.807) is 6.07 Å². The van der Waals surface area contributed by atoms with E-state index < -0.39 is 11.6 Å². The lowest BCUT2D eigenvalue weighted by Crippen LogP contribution is -2.38. The second-order valence-corrected chi connectivity index (χ2v) is 5.94. The van der Waals surface area contributed by atoms with Gasteiger partial charge in [-0.05, 0) is 36.3 Å². The predicted octanol–water partition coefficient (Wildman–Crippen LogP) is 3.34. The first kappa shape index (κ1) is 12.8. The van der Waals surface area contributed by atoms with E-state index in [1.807, 2.05) is 11.8 Å². The number of halogens is 2. The third-order valence-electron chi connectivity index (χ3n) is 3.16. The Balaban J connectivity index is 1.90. The molecule has 1 nitrogen and oxygen atoms in total. The van der Waals surface area contributed by atoms with Crippen LogP contribution in [0.5, 0.6) is 0 Å². The maximum atomic E-state index is 13.0. The molecule has 0 amide bonds. The van der Waals surface area contributed by atoms with Gasteiger partial charge in [-0.25, -0.2) is 8.78 Å². The molecule has 1 heterocycles. The minimum Gasteiger partial charge on any atom is -0.309 e. The van der Waals surface area contributed by atoms with Crippen LogP contribution in [0.1, 0.15) is 25.3 Å². The molecule has 1 saturated heterocycles. The van der Waals surface area contributed by atoms with E-state index in [1.165, 1.54) is 24.3 Å². The van der Waals surface area contributed by atoms with E-state index >= 15 is 0 Å². The van der Waals surface area contributed by atoms with Crippen molar-refractivity contribution in [2.24, 2.45) is 0 Å². The molecule has 0 spiro atoms. The average Bonchev–Trinajstić information content (AvgIpc) is 2.32. The Kier molecular flexibility index (Phi) is 4.40. The van der Waals surface area contributed by atoms with Crippen molar-refractivity contribution >= 4 is 11.8 Å². The predicted molar refractivity (Wildman–Crippen MR) is 68.1 cm³/mol. The highest BCUT2D eigenvalue weighted by molar-refractivity contribution is 7.99. The smallest absolute Gasteiger partial charge is 0.159 e. The molecule has 0 radical (unpaired) electrons. The van der Waals surface area contributed by atoms with Crippen molar-refractivity contribution in [2.45, 2.75) is 37.6 Å². The highest BCUT2D eigenvalue weighted by Gasteiger charge is 2.20. The Morgan fingerprint density at radius 2 is 2.18 bits per heavy atom. The van der Waals surface area contributed by atoms with E-state index in [2.05, 4.69) is 12.2 Å². The lowest BCUT2D eigenvalue weighted by atomic mass is 10.1. The standard InChI is InChI=1S/C13H17F2NS/c1-9-13(3-2-6-17-9)16-8-10-4-5-11(14)12(15)7-10/h4-5,7,9,13,16H,2-3,6,8H2,1H3. The Morgan fingerprint density at radius 3 is 2.88 bits per heavy atom. The van der Waals surface area contributed by atoms with Crippen molar-refractivity contribution in [2.75, 3.05) is 5.75 Å². The molecular formula is C13H17F2NS. The summed E-state index contributed by atoms with van der Waals surface area (Å²) >= 11 is 1.97. The van der Waals surface area contributed by atoms with Crippen LogP contribution in [0.15, 0.2) is 18.2 Å². The number of thioether (sulfide) groups is 1. The summed E-state index contributed by atoms with van der Waals surface area (Å²) < 4.78 is 25.8. The topological polar surface area (TPSA) is 12.0 Å². The molecule has 0 aliphatic carbocycles. The van der Waals surface area contributed by atoms with Gasteiger partial charge in [-0.3, -0.25) is 0 Å². The molecule has 1 N–H and O–H groups in total. The quantitative estimate of drug-likeness (QED) is 0.891. The number of benzene rings is 1. The summed E-state index contributed by atoms with van der Waals surface area (Å²) in [4.78, 5) is 0. The van der Waals surface area contributed by atoms with Gasteiger partial charge in [0.1, 0.15) is 0 Å². The minimum atomic E-state index is -0.782. The largest absolute Gasteiger partial charge is 0.309 e. The van der Waals surface area contributed by atoms with Gasteiger partial charge < -0.3 is 5.32 Å². The Hall–Kier alpha value is -0.610. The second kappa shape index (κ2) is 5.83. The van der Waals surface area contributed by atoms with Crippen molar-refractivity contribution in [3.8, 4) is 0 Å². The van der Waals surface area contributed by atoms with Crippen LogP contribution in [0.25, 0.3) is 0 Å². The summed E-state index contributed by atoms with van der Waals surface area (Å²) in [6.07, 6.45) is 2.39. The van der Waals surface area contributed by atoms with Crippen LogP contribution in [0, 0.1) is 11.6 Å². The maximum Gasteiger partial charge on any atom is 0.159 e. The number of hydrogen-bond donors (Lipinski definition) is 1. The van der Waals surface area contributed by atoms with Crippen LogP contribution in [0.3, 0.4) is 0 Å². The zero-order valence-electron chi connectivity index (χ0n) is 9.88. The molecular weight excluding hydrogens is 240 g/mol. The number of hydrogen-bond acceptors (Lipinski definition) is 2.